The Morgan fingerprint density at radius 1 is 1.00 bits per heavy atom. The predicted octanol–water partition coefficient (Wildman–Crippen LogP) is 8.17. The van der Waals surface area contributed by atoms with E-state index in [1.807, 2.05) is 63.2 Å². The van der Waals surface area contributed by atoms with Gasteiger partial charge in [-0.05, 0) is 73.2 Å². The van der Waals surface area contributed by atoms with Crippen LogP contribution in [-0.2, 0) is 5.92 Å². The summed E-state index contributed by atoms with van der Waals surface area (Å²) in [5.74, 6) is -1.22. The molecular weight excluding hydrogens is 492 g/mol. The average Bonchev–Trinajstić information content (AvgIpc) is 2.87. The number of carbonyl (C=O) groups excluding carboxylic acids is 1. The molecule has 4 aromatic rings. The van der Waals surface area contributed by atoms with E-state index in [9.17, 15) is 13.6 Å². The first-order chi connectivity index (χ1) is 18.5. The van der Waals surface area contributed by atoms with Crippen LogP contribution < -0.4 is 10.2 Å². The standard InChI is InChI=1S/C24H27N3O.C9H10F2/c1-16(22-11-6-12-23(26-22)27(2)3)25-24(28)19-13-14-21-18(15-19)9-5-10-20(21)17-7-4-8-17;1-7-3-5-8(6-4-7)9(2,10)11/h5-6,9-17H,4,7-8H2,1-3H3,(H,25,28);3-6H,1-2H3. The number of amides is 1. The third-order valence-corrected chi connectivity index (χ3v) is 7.29. The van der Waals surface area contributed by atoms with Crippen molar-refractivity contribution in [3.63, 3.8) is 0 Å². The van der Waals surface area contributed by atoms with Crippen LogP contribution in [0.5, 0.6) is 0 Å². The summed E-state index contributed by atoms with van der Waals surface area (Å²) >= 11 is 0. The molecule has 39 heavy (non-hydrogen) atoms. The number of anilines is 1. The number of nitrogens with one attached hydrogen (secondary N) is 1. The highest BCUT2D eigenvalue weighted by atomic mass is 19.3. The lowest BCUT2D eigenvalue weighted by molar-refractivity contribution is 0.0174. The number of rotatable bonds is 6. The third kappa shape index (κ3) is 6.99. The van der Waals surface area contributed by atoms with E-state index < -0.39 is 5.92 Å². The van der Waals surface area contributed by atoms with Crippen molar-refractivity contribution in [2.45, 2.75) is 57.9 Å². The fourth-order valence-corrected chi connectivity index (χ4v) is 4.66. The molecule has 1 saturated carbocycles. The van der Waals surface area contributed by atoms with E-state index in [0.29, 0.717) is 11.5 Å². The number of halogens is 2. The number of carbonyl (C=O) groups is 1. The van der Waals surface area contributed by atoms with Crippen LogP contribution in [0.2, 0.25) is 0 Å². The molecule has 4 nitrogen and oxygen atoms in total. The monoisotopic (exact) mass is 529 g/mol. The summed E-state index contributed by atoms with van der Waals surface area (Å²) < 4.78 is 25.2. The van der Waals surface area contributed by atoms with Crippen molar-refractivity contribution < 1.29 is 13.6 Å². The molecule has 1 amide bonds. The minimum absolute atomic E-state index is 0.0690. The zero-order valence-corrected chi connectivity index (χ0v) is 23.3. The molecule has 1 unspecified atom stereocenters. The second-order valence-electron chi connectivity index (χ2n) is 10.7. The minimum atomic E-state index is -2.71. The van der Waals surface area contributed by atoms with Gasteiger partial charge in [-0.15, -0.1) is 0 Å². The summed E-state index contributed by atoms with van der Waals surface area (Å²) in [7, 11) is 3.92. The Kier molecular flexibility index (Phi) is 8.63. The van der Waals surface area contributed by atoms with E-state index in [1.165, 1.54) is 42.3 Å². The fourth-order valence-electron chi connectivity index (χ4n) is 4.66. The summed E-state index contributed by atoms with van der Waals surface area (Å²) in [5, 5.41) is 5.49. The van der Waals surface area contributed by atoms with Gasteiger partial charge in [0.05, 0.1) is 11.7 Å². The van der Waals surface area contributed by atoms with Gasteiger partial charge in [-0.3, -0.25) is 4.79 Å². The molecule has 0 radical (unpaired) electrons. The Morgan fingerprint density at radius 3 is 2.31 bits per heavy atom. The number of fused-ring (bicyclic) bond motifs is 1. The third-order valence-electron chi connectivity index (χ3n) is 7.29. The van der Waals surface area contributed by atoms with Crippen molar-refractivity contribution in [1.29, 1.82) is 0 Å². The Bertz CT molecular complexity index is 1420. The molecule has 0 spiro atoms. The lowest BCUT2D eigenvalue weighted by atomic mass is 9.78. The molecule has 1 N–H and O–H groups in total. The summed E-state index contributed by atoms with van der Waals surface area (Å²) in [6.07, 6.45) is 3.87. The number of aromatic nitrogens is 1. The van der Waals surface area contributed by atoms with Crippen molar-refractivity contribution in [1.82, 2.24) is 10.3 Å². The van der Waals surface area contributed by atoms with E-state index in [4.69, 9.17) is 0 Å². The Labute approximate surface area is 230 Å². The molecule has 1 aliphatic carbocycles. The van der Waals surface area contributed by atoms with Crippen molar-refractivity contribution in [3.8, 4) is 0 Å². The number of hydrogen-bond acceptors (Lipinski definition) is 3. The second kappa shape index (κ2) is 11.9. The molecule has 1 heterocycles. The molecule has 1 fully saturated rings. The number of aryl methyl sites for hydroxylation is 1. The first kappa shape index (κ1) is 28.2. The van der Waals surface area contributed by atoms with Crippen molar-refractivity contribution in [2.75, 3.05) is 19.0 Å². The smallest absolute Gasteiger partial charge is 0.270 e. The SMILES string of the molecule is CC(NC(=O)c1ccc2c(C3CCC3)cccc2c1)c1cccc(N(C)C)n1.Cc1ccc(C(C)(F)F)cc1. The predicted molar refractivity (Wildman–Crippen MR) is 156 cm³/mol. The van der Waals surface area contributed by atoms with Gasteiger partial charge in [0.15, 0.2) is 0 Å². The number of alkyl halides is 2. The van der Waals surface area contributed by atoms with Crippen LogP contribution >= 0.6 is 0 Å². The summed E-state index contributed by atoms with van der Waals surface area (Å²) in [4.78, 5) is 19.4. The molecule has 1 aliphatic rings. The lowest BCUT2D eigenvalue weighted by Gasteiger charge is -2.27. The minimum Gasteiger partial charge on any atom is -0.363 e. The molecule has 1 atom stereocenters. The molecule has 5 rings (SSSR count). The summed E-state index contributed by atoms with van der Waals surface area (Å²) in [5.41, 5.74) is 4.04. The second-order valence-corrected chi connectivity index (χ2v) is 10.7. The summed E-state index contributed by atoms with van der Waals surface area (Å²) in [6.45, 7) is 4.74. The largest absolute Gasteiger partial charge is 0.363 e. The van der Waals surface area contributed by atoms with Gasteiger partial charge in [-0.2, -0.15) is 0 Å². The van der Waals surface area contributed by atoms with Crippen LogP contribution in [0.15, 0.2) is 78.9 Å². The Balaban J connectivity index is 0.000000270. The zero-order chi connectivity index (χ0) is 28.2. The Morgan fingerprint density at radius 2 is 1.69 bits per heavy atom. The number of nitrogens with zero attached hydrogens (tertiary/aromatic N) is 2. The Hall–Kier alpha value is -3.80. The molecule has 3 aromatic carbocycles. The maximum atomic E-state index is 12.8. The van der Waals surface area contributed by atoms with Gasteiger partial charge in [0.25, 0.3) is 11.8 Å². The van der Waals surface area contributed by atoms with Gasteiger partial charge in [-0.25, -0.2) is 13.8 Å². The van der Waals surface area contributed by atoms with Crippen molar-refractivity contribution in [2.24, 2.45) is 0 Å². The van der Waals surface area contributed by atoms with Crippen LogP contribution in [0.3, 0.4) is 0 Å². The zero-order valence-electron chi connectivity index (χ0n) is 23.3. The first-order valence-electron chi connectivity index (χ1n) is 13.5. The average molecular weight is 530 g/mol. The molecule has 6 heteroatoms. The molecule has 204 valence electrons. The van der Waals surface area contributed by atoms with Crippen LogP contribution in [0.1, 0.15) is 77.8 Å². The van der Waals surface area contributed by atoms with Crippen LogP contribution in [0, 0.1) is 6.92 Å². The molecular formula is C33H37F2N3O. The highest BCUT2D eigenvalue weighted by molar-refractivity contribution is 5.99. The quantitative estimate of drug-likeness (QED) is 0.274. The van der Waals surface area contributed by atoms with E-state index in [0.717, 1.165) is 29.4 Å². The molecule has 1 aromatic heterocycles. The van der Waals surface area contributed by atoms with Crippen molar-refractivity contribution >= 4 is 22.5 Å². The van der Waals surface area contributed by atoms with E-state index in [2.05, 4.69) is 34.6 Å². The number of pyridine rings is 1. The van der Waals surface area contributed by atoms with E-state index in [-0.39, 0.29) is 17.5 Å². The van der Waals surface area contributed by atoms with Gasteiger partial charge >= 0.3 is 0 Å². The number of hydrogen-bond donors (Lipinski definition) is 1. The molecule has 0 saturated heterocycles. The van der Waals surface area contributed by atoms with Gasteiger partial charge in [-0.1, -0.05) is 66.6 Å². The maximum absolute atomic E-state index is 12.8. The van der Waals surface area contributed by atoms with E-state index >= 15 is 0 Å². The van der Waals surface area contributed by atoms with Crippen LogP contribution in [0.4, 0.5) is 14.6 Å². The topological polar surface area (TPSA) is 45.2 Å². The van der Waals surface area contributed by atoms with Crippen LogP contribution in [0.25, 0.3) is 10.8 Å². The van der Waals surface area contributed by atoms with Gasteiger partial charge < -0.3 is 10.2 Å². The van der Waals surface area contributed by atoms with Crippen molar-refractivity contribution in [3.05, 3.63) is 107 Å². The van der Waals surface area contributed by atoms with Gasteiger partial charge in [0, 0.05) is 32.1 Å². The normalized spacial score (nSPS) is 14.1. The molecule has 0 bridgehead atoms. The lowest BCUT2D eigenvalue weighted by Crippen LogP contribution is -2.27. The summed E-state index contributed by atoms with van der Waals surface area (Å²) in [6, 6.07) is 24.5. The van der Waals surface area contributed by atoms with Gasteiger partial charge in [0.2, 0.25) is 0 Å². The maximum Gasteiger partial charge on any atom is 0.270 e. The van der Waals surface area contributed by atoms with E-state index in [1.54, 1.807) is 12.1 Å². The van der Waals surface area contributed by atoms with Gasteiger partial charge in [0.1, 0.15) is 5.82 Å². The molecule has 0 aliphatic heterocycles. The highest BCUT2D eigenvalue weighted by Gasteiger charge is 2.23. The van der Waals surface area contributed by atoms with Crippen LogP contribution in [-0.4, -0.2) is 25.0 Å². The number of benzene rings is 3. The first-order valence-corrected chi connectivity index (χ1v) is 13.5. The fraction of sp³-hybridized carbons (Fsp3) is 0.333. The highest BCUT2D eigenvalue weighted by Crippen LogP contribution is 2.39.